The van der Waals surface area contributed by atoms with Gasteiger partial charge in [-0.2, -0.15) is 0 Å². The van der Waals surface area contributed by atoms with Crippen molar-refractivity contribution in [3.63, 3.8) is 0 Å². The van der Waals surface area contributed by atoms with Crippen LogP contribution in [0.2, 0.25) is 0 Å². The molecule has 2 aliphatic rings. The van der Waals surface area contributed by atoms with E-state index in [1.807, 2.05) is 0 Å². The maximum Gasteiger partial charge on any atom is 0.0246 e. The molecular formula is C17H26BrN3. The number of nitrogens with zero attached hydrogens (tertiary/aromatic N) is 2. The number of likely N-dealkylation sites (N-methyl/N-ethyl adjacent to an activating group) is 1. The molecule has 1 atom stereocenters. The van der Waals surface area contributed by atoms with Gasteiger partial charge < -0.3 is 10.2 Å². The SMILES string of the molecule is CC1CN(Cc2ccc(CNC3CC3)cc2Br)CCN1C. The molecule has 1 N–H and O–H groups in total. The van der Waals surface area contributed by atoms with Gasteiger partial charge in [-0.3, -0.25) is 4.90 Å². The normalized spacial score (nSPS) is 24.4. The highest BCUT2D eigenvalue weighted by Gasteiger charge is 2.22. The summed E-state index contributed by atoms with van der Waals surface area (Å²) in [7, 11) is 2.22. The number of hydrogen-bond acceptors (Lipinski definition) is 3. The zero-order chi connectivity index (χ0) is 14.8. The van der Waals surface area contributed by atoms with E-state index in [0.717, 1.165) is 32.2 Å². The van der Waals surface area contributed by atoms with Gasteiger partial charge in [0.05, 0.1) is 0 Å². The molecule has 1 saturated carbocycles. The zero-order valence-corrected chi connectivity index (χ0v) is 14.7. The lowest BCUT2D eigenvalue weighted by Gasteiger charge is -2.37. The van der Waals surface area contributed by atoms with Gasteiger partial charge in [0.1, 0.15) is 0 Å². The van der Waals surface area contributed by atoms with Gasteiger partial charge in [0.2, 0.25) is 0 Å². The fraction of sp³-hybridized carbons (Fsp3) is 0.647. The van der Waals surface area contributed by atoms with Crippen LogP contribution in [-0.2, 0) is 13.1 Å². The maximum atomic E-state index is 3.76. The summed E-state index contributed by atoms with van der Waals surface area (Å²) in [4.78, 5) is 5.01. The monoisotopic (exact) mass is 351 g/mol. The van der Waals surface area contributed by atoms with Gasteiger partial charge in [0.25, 0.3) is 0 Å². The Morgan fingerprint density at radius 1 is 1.29 bits per heavy atom. The molecule has 1 aromatic carbocycles. The lowest BCUT2D eigenvalue weighted by Crippen LogP contribution is -2.49. The Hall–Kier alpha value is -0.420. The van der Waals surface area contributed by atoms with Gasteiger partial charge >= 0.3 is 0 Å². The molecule has 1 heterocycles. The third kappa shape index (κ3) is 4.28. The lowest BCUT2D eigenvalue weighted by molar-refractivity contribution is 0.0998. The van der Waals surface area contributed by atoms with Crippen LogP contribution in [0.25, 0.3) is 0 Å². The molecule has 0 spiro atoms. The fourth-order valence-corrected chi connectivity index (χ4v) is 3.44. The number of piperazine rings is 1. The zero-order valence-electron chi connectivity index (χ0n) is 13.1. The summed E-state index contributed by atoms with van der Waals surface area (Å²) in [6.07, 6.45) is 2.70. The summed E-state index contributed by atoms with van der Waals surface area (Å²) in [5, 5.41) is 3.57. The average Bonchev–Trinajstić information content (AvgIpc) is 3.27. The molecule has 2 fully saturated rings. The molecule has 1 saturated heterocycles. The Morgan fingerprint density at radius 2 is 2.10 bits per heavy atom. The summed E-state index contributed by atoms with van der Waals surface area (Å²) in [5.41, 5.74) is 2.78. The molecule has 1 unspecified atom stereocenters. The van der Waals surface area contributed by atoms with Gasteiger partial charge in [-0.25, -0.2) is 0 Å². The van der Waals surface area contributed by atoms with Crippen LogP contribution < -0.4 is 5.32 Å². The molecule has 4 heteroatoms. The fourth-order valence-electron chi connectivity index (χ4n) is 2.89. The highest BCUT2D eigenvalue weighted by atomic mass is 79.9. The molecular weight excluding hydrogens is 326 g/mol. The van der Waals surface area contributed by atoms with Gasteiger partial charge in [0, 0.05) is 49.3 Å². The third-order valence-electron chi connectivity index (χ3n) is 4.73. The predicted molar refractivity (Wildman–Crippen MR) is 91.4 cm³/mol. The summed E-state index contributed by atoms with van der Waals surface area (Å²) in [6.45, 7) is 7.85. The van der Waals surface area contributed by atoms with Crippen molar-refractivity contribution in [1.29, 1.82) is 0 Å². The molecule has 1 aliphatic carbocycles. The van der Waals surface area contributed by atoms with Gasteiger partial charge in [-0.1, -0.05) is 28.1 Å². The van der Waals surface area contributed by atoms with Crippen LogP contribution in [0, 0.1) is 0 Å². The van der Waals surface area contributed by atoms with E-state index in [-0.39, 0.29) is 0 Å². The molecule has 0 radical (unpaired) electrons. The molecule has 1 aromatic rings. The molecule has 3 nitrogen and oxygen atoms in total. The van der Waals surface area contributed by atoms with Crippen molar-refractivity contribution in [3.05, 3.63) is 33.8 Å². The summed E-state index contributed by atoms with van der Waals surface area (Å²) in [5.74, 6) is 0. The Kier molecular flexibility index (Phi) is 4.99. The highest BCUT2D eigenvalue weighted by Crippen LogP contribution is 2.23. The Morgan fingerprint density at radius 3 is 2.76 bits per heavy atom. The van der Waals surface area contributed by atoms with Crippen molar-refractivity contribution in [3.8, 4) is 0 Å². The standard InChI is InChI=1S/C17H26BrN3/c1-13-11-21(8-7-20(13)2)12-15-4-3-14(9-17(15)18)10-19-16-5-6-16/h3-4,9,13,16,19H,5-8,10-12H2,1-2H3. The molecule has 0 amide bonds. The van der Waals surface area contributed by atoms with Crippen molar-refractivity contribution in [2.24, 2.45) is 0 Å². The summed E-state index contributed by atoms with van der Waals surface area (Å²) in [6, 6.07) is 8.27. The summed E-state index contributed by atoms with van der Waals surface area (Å²) >= 11 is 3.76. The minimum atomic E-state index is 0.652. The van der Waals surface area contributed by atoms with Gasteiger partial charge in [-0.05, 0) is 44.0 Å². The smallest absolute Gasteiger partial charge is 0.0246 e. The van der Waals surface area contributed by atoms with Crippen molar-refractivity contribution in [2.75, 3.05) is 26.7 Å². The number of rotatable bonds is 5. The van der Waals surface area contributed by atoms with E-state index >= 15 is 0 Å². The van der Waals surface area contributed by atoms with Crippen LogP contribution in [0.4, 0.5) is 0 Å². The minimum absolute atomic E-state index is 0.652. The van der Waals surface area contributed by atoms with E-state index in [1.54, 1.807) is 0 Å². The van der Waals surface area contributed by atoms with E-state index in [9.17, 15) is 0 Å². The second-order valence-electron chi connectivity index (χ2n) is 6.65. The molecule has 116 valence electrons. The predicted octanol–water partition coefficient (Wildman–Crippen LogP) is 2.84. The second-order valence-corrected chi connectivity index (χ2v) is 7.50. The Bertz CT molecular complexity index is 487. The topological polar surface area (TPSA) is 18.5 Å². The van der Waals surface area contributed by atoms with Crippen LogP contribution in [0.5, 0.6) is 0 Å². The van der Waals surface area contributed by atoms with Crippen molar-refractivity contribution in [2.45, 2.75) is 44.9 Å². The number of hydrogen-bond donors (Lipinski definition) is 1. The molecule has 0 bridgehead atoms. The van der Waals surface area contributed by atoms with E-state index < -0.39 is 0 Å². The Balaban J connectivity index is 1.57. The molecule has 21 heavy (non-hydrogen) atoms. The number of nitrogens with one attached hydrogen (secondary N) is 1. The first kappa shape index (κ1) is 15.5. The first-order chi connectivity index (χ1) is 10.1. The maximum absolute atomic E-state index is 3.76. The second kappa shape index (κ2) is 6.78. The van der Waals surface area contributed by atoms with E-state index in [2.05, 4.69) is 63.2 Å². The summed E-state index contributed by atoms with van der Waals surface area (Å²) < 4.78 is 1.25. The minimum Gasteiger partial charge on any atom is -0.310 e. The molecule has 1 aliphatic heterocycles. The van der Waals surface area contributed by atoms with Crippen LogP contribution in [0.15, 0.2) is 22.7 Å². The number of halogens is 1. The van der Waals surface area contributed by atoms with E-state index in [1.165, 1.54) is 35.0 Å². The average molecular weight is 352 g/mol. The molecule has 0 aromatic heterocycles. The van der Waals surface area contributed by atoms with Crippen molar-refractivity contribution in [1.82, 2.24) is 15.1 Å². The largest absolute Gasteiger partial charge is 0.310 e. The number of benzene rings is 1. The van der Waals surface area contributed by atoms with Crippen LogP contribution in [0.3, 0.4) is 0 Å². The van der Waals surface area contributed by atoms with E-state index in [4.69, 9.17) is 0 Å². The molecule has 3 rings (SSSR count). The first-order valence-corrected chi connectivity index (χ1v) is 8.84. The van der Waals surface area contributed by atoms with Gasteiger partial charge in [0.15, 0.2) is 0 Å². The third-order valence-corrected chi connectivity index (χ3v) is 5.47. The van der Waals surface area contributed by atoms with Crippen molar-refractivity contribution < 1.29 is 0 Å². The van der Waals surface area contributed by atoms with E-state index in [0.29, 0.717) is 6.04 Å². The first-order valence-electron chi connectivity index (χ1n) is 8.05. The van der Waals surface area contributed by atoms with Gasteiger partial charge in [-0.15, -0.1) is 0 Å². The lowest BCUT2D eigenvalue weighted by atomic mass is 10.1. The van der Waals surface area contributed by atoms with Crippen LogP contribution in [0.1, 0.15) is 30.9 Å². The van der Waals surface area contributed by atoms with Crippen LogP contribution in [-0.4, -0.2) is 48.6 Å². The Labute approximate surface area is 136 Å². The van der Waals surface area contributed by atoms with Crippen LogP contribution >= 0.6 is 15.9 Å². The van der Waals surface area contributed by atoms with Crippen molar-refractivity contribution >= 4 is 15.9 Å². The quantitative estimate of drug-likeness (QED) is 0.879. The highest BCUT2D eigenvalue weighted by molar-refractivity contribution is 9.10.